The van der Waals surface area contributed by atoms with E-state index < -0.39 is 23.1 Å². The molecule has 0 aliphatic carbocycles. The molecule has 5 nitrogen and oxygen atoms in total. The zero-order chi connectivity index (χ0) is 14.2. The van der Waals surface area contributed by atoms with E-state index in [2.05, 4.69) is 0 Å². The maximum atomic E-state index is 12.0. The number of benzene rings is 1. The Hall–Kier alpha value is -1.82. The van der Waals surface area contributed by atoms with Gasteiger partial charge in [0.15, 0.2) is 5.25 Å². The van der Waals surface area contributed by atoms with E-state index in [9.17, 15) is 14.4 Å². The summed E-state index contributed by atoms with van der Waals surface area (Å²) in [5, 5.41) is -0.893. The zero-order valence-electron chi connectivity index (χ0n) is 10.9. The maximum Gasteiger partial charge on any atom is 0.332 e. The van der Waals surface area contributed by atoms with Gasteiger partial charge in [-0.3, -0.25) is 19.4 Å². The van der Waals surface area contributed by atoms with Crippen molar-refractivity contribution in [3.8, 4) is 0 Å². The predicted octanol–water partition coefficient (Wildman–Crippen LogP) is 1.51. The molecule has 4 amide bonds. The van der Waals surface area contributed by atoms with Gasteiger partial charge in [-0.2, -0.15) is 0 Å². The summed E-state index contributed by atoms with van der Waals surface area (Å²) in [6, 6.07) is 6.96. The van der Waals surface area contributed by atoms with Crippen molar-refractivity contribution in [1.29, 1.82) is 0 Å². The van der Waals surface area contributed by atoms with Crippen LogP contribution in [0.15, 0.2) is 29.2 Å². The fraction of sp³-hybridized carbons (Fsp3) is 0.308. The summed E-state index contributed by atoms with van der Waals surface area (Å²) in [6.07, 6.45) is 0. The number of nitrogens with zero attached hydrogens (tertiary/aromatic N) is 2. The van der Waals surface area contributed by atoms with Crippen LogP contribution in [0.2, 0.25) is 0 Å². The van der Waals surface area contributed by atoms with Crippen molar-refractivity contribution < 1.29 is 14.4 Å². The monoisotopic (exact) mass is 278 g/mol. The quantitative estimate of drug-likeness (QED) is 0.769. The Morgan fingerprint density at radius 1 is 0.947 bits per heavy atom. The minimum Gasteiger partial charge on any atom is -0.272 e. The standard InChI is InChI=1S/C13H14N2O3S/c1-8-4-6-9(7-5-8)19-10-11(16)14(2)13(18)15(3)12(10)17/h4-7,10H,1-3H3. The number of amides is 4. The molecule has 0 atom stereocenters. The summed E-state index contributed by atoms with van der Waals surface area (Å²) in [5.41, 5.74) is 1.11. The van der Waals surface area contributed by atoms with Gasteiger partial charge in [0.1, 0.15) is 0 Å². The van der Waals surface area contributed by atoms with Crippen LogP contribution in [0.4, 0.5) is 4.79 Å². The molecule has 6 heteroatoms. The molecule has 0 aromatic heterocycles. The average molecular weight is 278 g/mol. The summed E-state index contributed by atoms with van der Waals surface area (Å²) < 4.78 is 0. The number of rotatable bonds is 2. The third kappa shape index (κ3) is 2.49. The smallest absolute Gasteiger partial charge is 0.272 e. The molecule has 100 valence electrons. The molecule has 0 bridgehead atoms. The number of thioether (sulfide) groups is 1. The van der Waals surface area contributed by atoms with Gasteiger partial charge in [0.2, 0.25) is 0 Å². The van der Waals surface area contributed by atoms with Gasteiger partial charge in [0.05, 0.1) is 0 Å². The summed E-state index contributed by atoms with van der Waals surface area (Å²) in [4.78, 5) is 38.4. The Morgan fingerprint density at radius 2 is 1.42 bits per heavy atom. The molecule has 0 saturated carbocycles. The summed E-state index contributed by atoms with van der Waals surface area (Å²) in [5.74, 6) is -0.947. The highest BCUT2D eigenvalue weighted by Crippen LogP contribution is 2.28. The zero-order valence-corrected chi connectivity index (χ0v) is 11.7. The largest absolute Gasteiger partial charge is 0.332 e. The summed E-state index contributed by atoms with van der Waals surface area (Å²) in [6.45, 7) is 1.96. The van der Waals surface area contributed by atoms with Gasteiger partial charge in [-0.15, -0.1) is 11.8 Å². The third-order valence-corrected chi connectivity index (χ3v) is 4.14. The van der Waals surface area contributed by atoms with E-state index in [1.807, 2.05) is 31.2 Å². The van der Waals surface area contributed by atoms with Gasteiger partial charge in [-0.1, -0.05) is 17.7 Å². The highest BCUT2D eigenvalue weighted by Gasteiger charge is 2.42. The SMILES string of the molecule is Cc1ccc(SC2C(=O)N(C)C(=O)N(C)C2=O)cc1. The number of barbiturate groups is 1. The summed E-state index contributed by atoms with van der Waals surface area (Å²) in [7, 11) is 2.77. The van der Waals surface area contributed by atoms with Crippen molar-refractivity contribution in [1.82, 2.24) is 9.80 Å². The Bertz CT molecular complexity index is 517. The van der Waals surface area contributed by atoms with Gasteiger partial charge in [0, 0.05) is 19.0 Å². The highest BCUT2D eigenvalue weighted by atomic mass is 32.2. The van der Waals surface area contributed by atoms with Crippen LogP contribution in [-0.2, 0) is 9.59 Å². The molecule has 1 aliphatic rings. The molecule has 1 fully saturated rings. The van der Waals surface area contributed by atoms with Crippen LogP contribution in [0, 0.1) is 6.92 Å². The first-order chi connectivity index (χ1) is 8.91. The van der Waals surface area contributed by atoms with Gasteiger partial charge >= 0.3 is 6.03 Å². The molecule has 0 N–H and O–H groups in total. The van der Waals surface area contributed by atoms with Crippen LogP contribution in [0.25, 0.3) is 0 Å². The number of hydrogen-bond donors (Lipinski definition) is 0. The fourth-order valence-corrected chi connectivity index (χ4v) is 2.81. The van der Waals surface area contributed by atoms with E-state index in [1.54, 1.807) is 0 Å². The lowest BCUT2D eigenvalue weighted by Crippen LogP contribution is -2.58. The molecule has 1 heterocycles. The molecule has 1 aromatic carbocycles. The molecule has 0 radical (unpaired) electrons. The van der Waals surface area contributed by atoms with E-state index in [-0.39, 0.29) is 0 Å². The van der Waals surface area contributed by atoms with Crippen molar-refractivity contribution in [3.63, 3.8) is 0 Å². The topological polar surface area (TPSA) is 57.7 Å². The number of carbonyl (C=O) groups is 3. The fourth-order valence-electron chi connectivity index (χ4n) is 1.72. The van der Waals surface area contributed by atoms with E-state index in [4.69, 9.17) is 0 Å². The number of urea groups is 1. The van der Waals surface area contributed by atoms with Gasteiger partial charge in [0.25, 0.3) is 11.8 Å². The average Bonchev–Trinajstić information content (AvgIpc) is 2.41. The van der Waals surface area contributed by atoms with Gasteiger partial charge in [-0.05, 0) is 19.1 Å². The van der Waals surface area contributed by atoms with Crippen molar-refractivity contribution >= 4 is 29.6 Å². The highest BCUT2D eigenvalue weighted by molar-refractivity contribution is 8.01. The van der Waals surface area contributed by atoms with Crippen molar-refractivity contribution in [3.05, 3.63) is 29.8 Å². The second-order valence-corrected chi connectivity index (χ2v) is 5.57. The van der Waals surface area contributed by atoms with Crippen molar-refractivity contribution in [2.75, 3.05) is 14.1 Å². The lowest BCUT2D eigenvalue weighted by atomic mass is 10.2. The number of carbonyl (C=O) groups excluding carboxylic acids is 3. The summed E-state index contributed by atoms with van der Waals surface area (Å²) >= 11 is 1.16. The van der Waals surface area contributed by atoms with Crippen molar-refractivity contribution in [2.24, 2.45) is 0 Å². The number of aryl methyl sites for hydroxylation is 1. The van der Waals surface area contributed by atoms with Crippen LogP contribution in [0.5, 0.6) is 0 Å². The first-order valence-corrected chi connectivity index (χ1v) is 6.62. The first kappa shape index (κ1) is 13.6. The number of imide groups is 2. The third-order valence-electron chi connectivity index (χ3n) is 2.96. The van der Waals surface area contributed by atoms with Crippen LogP contribution >= 0.6 is 11.8 Å². The first-order valence-electron chi connectivity index (χ1n) is 5.74. The molecule has 19 heavy (non-hydrogen) atoms. The minimum atomic E-state index is -0.893. The van der Waals surface area contributed by atoms with E-state index in [0.29, 0.717) is 0 Å². The lowest BCUT2D eigenvalue weighted by molar-refractivity contribution is -0.139. The van der Waals surface area contributed by atoms with Gasteiger partial charge in [-0.25, -0.2) is 4.79 Å². The maximum absolute atomic E-state index is 12.0. The number of hydrogen-bond acceptors (Lipinski definition) is 4. The Balaban J connectivity index is 2.23. The van der Waals surface area contributed by atoms with Crippen LogP contribution < -0.4 is 0 Å². The van der Waals surface area contributed by atoms with E-state index in [1.165, 1.54) is 14.1 Å². The molecule has 0 unspecified atom stereocenters. The molecule has 1 aliphatic heterocycles. The second-order valence-electron chi connectivity index (χ2n) is 4.39. The Morgan fingerprint density at radius 3 is 1.89 bits per heavy atom. The lowest BCUT2D eigenvalue weighted by Gasteiger charge is -2.32. The minimum absolute atomic E-state index is 0.473. The Labute approximate surface area is 115 Å². The predicted molar refractivity (Wildman–Crippen MR) is 71.8 cm³/mol. The second kappa shape index (κ2) is 5.05. The Kier molecular flexibility index (Phi) is 3.61. The molecule has 1 saturated heterocycles. The molecular weight excluding hydrogens is 264 g/mol. The molecule has 2 rings (SSSR count). The molecular formula is C13H14N2O3S. The molecule has 0 spiro atoms. The van der Waals surface area contributed by atoms with Gasteiger partial charge < -0.3 is 0 Å². The molecule has 1 aromatic rings. The van der Waals surface area contributed by atoms with Crippen LogP contribution in [0.3, 0.4) is 0 Å². The normalized spacial score (nSPS) is 17.3. The van der Waals surface area contributed by atoms with Crippen LogP contribution in [0.1, 0.15) is 5.56 Å². The van der Waals surface area contributed by atoms with E-state index in [0.717, 1.165) is 32.0 Å². The van der Waals surface area contributed by atoms with Crippen LogP contribution in [-0.4, -0.2) is 47.0 Å². The van der Waals surface area contributed by atoms with E-state index >= 15 is 0 Å². The van der Waals surface area contributed by atoms with Crippen molar-refractivity contribution in [2.45, 2.75) is 17.1 Å².